The monoisotopic (exact) mass is 251 g/mol. The van der Waals surface area contributed by atoms with Gasteiger partial charge in [-0.1, -0.05) is 31.4 Å². The Morgan fingerprint density at radius 1 is 1.11 bits per heavy atom. The van der Waals surface area contributed by atoms with Crippen LogP contribution in [0.4, 0.5) is 4.39 Å². The highest BCUT2D eigenvalue weighted by molar-refractivity contribution is 5.24. The summed E-state index contributed by atoms with van der Waals surface area (Å²) in [6.45, 7) is 0. The van der Waals surface area contributed by atoms with E-state index >= 15 is 0 Å². The van der Waals surface area contributed by atoms with Crippen molar-refractivity contribution < 1.29 is 9.13 Å². The van der Waals surface area contributed by atoms with Gasteiger partial charge in [0, 0.05) is 6.04 Å². The number of rotatable bonds is 3. The Balaban J connectivity index is 2.06. The van der Waals surface area contributed by atoms with Gasteiger partial charge in [-0.2, -0.15) is 0 Å². The van der Waals surface area contributed by atoms with E-state index in [1.54, 1.807) is 12.1 Å². The summed E-state index contributed by atoms with van der Waals surface area (Å²) in [6.07, 6.45) is 7.13. The maximum Gasteiger partial charge on any atom is 0.165 e. The molecule has 1 fully saturated rings. The zero-order chi connectivity index (χ0) is 12.8. The third-order valence-electron chi connectivity index (χ3n) is 3.69. The summed E-state index contributed by atoms with van der Waals surface area (Å²) in [5, 5.41) is 3.31. The number of halogens is 1. The van der Waals surface area contributed by atoms with Crippen LogP contribution in [0.2, 0.25) is 0 Å². The van der Waals surface area contributed by atoms with E-state index in [0.29, 0.717) is 11.8 Å². The molecule has 0 saturated heterocycles. The topological polar surface area (TPSA) is 21.3 Å². The van der Waals surface area contributed by atoms with Crippen molar-refractivity contribution in [3.05, 3.63) is 30.1 Å². The third kappa shape index (κ3) is 3.45. The standard InChI is InChI=1S/C15H22FNO/c1-17-13-9-4-2-3-5-11-15(13)18-14-10-7-6-8-12(14)16/h6-8,10,13,15,17H,2-5,9,11H2,1H3. The van der Waals surface area contributed by atoms with E-state index in [1.165, 1.54) is 25.3 Å². The van der Waals surface area contributed by atoms with E-state index in [4.69, 9.17) is 4.74 Å². The summed E-state index contributed by atoms with van der Waals surface area (Å²) in [5.74, 6) is 0.109. The van der Waals surface area contributed by atoms with E-state index in [0.717, 1.165) is 19.3 Å². The van der Waals surface area contributed by atoms with Gasteiger partial charge in [0.25, 0.3) is 0 Å². The molecule has 1 N–H and O–H groups in total. The highest BCUT2D eigenvalue weighted by Gasteiger charge is 2.23. The summed E-state index contributed by atoms with van der Waals surface area (Å²) < 4.78 is 19.5. The molecular weight excluding hydrogens is 229 g/mol. The molecule has 2 nitrogen and oxygen atoms in total. The Bertz CT molecular complexity index is 369. The fourth-order valence-electron chi connectivity index (χ4n) is 2.63. The lowest BCUT2D eigenvalue weighted by Gasteiger charge is -2.29. The molecule has 1 aromatic carbocycles. The first kappa shape index (κ1) is 13.3. The van der Waals surface area contributed by atoms with Gasteiger partial charge in [0.2, 0.25) is 0 Å². The minimum absolute atomic E-state index is 0.0761. The van der Waals surface area contributed by atoms with Crippen LogP contribution in [-0.2, 0) is 0 Å². The lowest BCUT2D eigenvalue weighted by Crippen LogP contribution is -2.42. The Hall–Kier alpha value is -1.09. The fourth-order valence-corrected chi connectivity index (χ4v) is 2.63. The van der Waals surface area contributed by atoms with E-state index in [9.17, 15) is 4.39 Å². The largest absolute Gasteiger partial charge is 0.486 e. The number of para-hydroxylation sites is 1. The second kappa shape index (κ2) is 6.74. The van der Waals surface area contributed by atoms with E-state index in [1.807, 2.05) is 13.1 Å². The van der Waals surface area contributed by atoms with Crippen molar-refractivity contribution in [2.45, 2.75) is 50.7 Å². The van der Waals surface area contributed by atoms with Crippen LogP contribution in [0.3, 0.4) is 0 Å². The SMILES string of the molecule is CNC1CCCCCCC1Oc1ccccc1F. The van der Waals surface area contributed by atoms with Gasteiger partial charge in [-0.25, -0.2) is 4.39 Å². The molecule has 1 aliphatic carbocycles. The highest BCUT2D eigenvalue weighted by atomic mass is 19.1. The van der Waals surface area contributed by atoms with Crippen LogP contribution in [0.5, 0.6) is 5.75 Å². The van der Waals surface area contributed by atoms with Gasteiger partial charge in [-0.3, -0.25) is 0 Å². The summed E-state index contributed by atoms with van der Waals surface area (Å²) in [5.41, 5.74) is 0. The van der Waals surface area contributed by atoms with Crippen LogP contribution in [0.25, 0.3) is 0 Å². The molecule has 0 radical (unpaired) electrons. The molecule has 3 heteroatoms. The number of ether oxygens (including phenoxy) is 1. The maximum atomic E-state index is 13.6. The molecule has 1 saturated carbocycles. The van der Waals surface area contributed by atoms with Crippen molar-refractivity contribution >= 4 is 0 Å². The van der Waals surface area contributed by atoms with Gasteiger partial charge in [0.05, 0.1) is 0 Å². The number of benzene rings is 1. The molecule has 2 rings (SSSR count). The minimum atomic E-state index is -0.269. The Morgan fingerprint density at radius 3 is 2.56 bits per heavy atom. The Morgan fingerprint density at radius 2 is 1.83 bits per heavy atom. The molecule has 0 aromatic heterocycles. The number of nitrogens with one attached hydrogen (secondary N) is 1. The van der Waals surface area contributed by atoms with Crippen LogP contribution < -0.4 is 10.1 Å². The van der Waals surface area contributed by atoms with Gasteiger partial charge in [0.1, 0.15) is 6.10 Å². The average molecular weight is 251 g/mol. The zero-order valence-electron chi connectivity index (χ0n) is 11.0. The van der Waals surface area contributed by atoms with Crippen molar-refractivity contribution in [2.75, 3.05) is 7.05 Å². The van der Waals surface area contributed by atoms with E-state index in [2.05, 4.69) is 5.32 Å². The maximum absolute atomic E-state index is 13.6. The number of hydrogen-bond donors (Lipinski definition) is 1. The van der Waals surface area contributed by atoms with Crippen molar-refractivity contribution in [3.63, 3.8) is 0 Å². The van der Waals surface area contributed by atoms with Crippen LogP contribution in [0.1, 0.15) is 38.5 Å². The van der Waals surface area contributed by atoms with Crippen molar-refractivity contribution in [1.29, 1.82) is 0 Å². The number of hydrogen-bond acceptors (Lipinski definition) is 2. The molecule has 2 atom stereocenters. The third-order valence-corrected chi connectivity index (χ3v) is 3.69. The van der Waals surface area contributed by atoms with Gasteiger partial charge in [-0.15, -0.1) is 0 Å². The molecule has 0 spiro atoms. The molecule has 0 amide bonds. The molecule has 1 aliphatic rings. The second-order valence-corrected chi connectivity index (χ2v) is 4.97. The Labute approximate surface area is 109 Å². The Kier molecular flexibility index (Phi) is 5.00. The second-order valence-electron chi connectivity index (χ2n) is 4.97. The molecule has 2 unspecified atom stereocenters. The first-order valence-electron chi connectivity index (χ1n) is 6.89. The molecule has 1 aromatic rings. The van der Waals surface area contributed by atoms with Crippen LogP contribution in [0.15, 0.2) is 24.3 Å². The fraction of sp³-hybridized carbons (Fsp3) is 0.600. The number of likely N-dealkylation sites (N-methyl/N-ethyl adjacent to an activating group) is 1. The van der Waals surface area contributed by atoms with Crippen molar-refractivity contribution in [3.8, 4) is 5.75 Å². The minimum Gasteiger partial charge on any atom is -0.486 e. The molecule has 100 valence electrons. The molecule has 0 aliphatic heterocycles. The van der Waals surface area contributed by atoms with Gasteiger partial charge < -0.3 is 10.1 Å². The average Bonchev–Trinajstić information content (AvgIpc) is 2.35. The summed E-state index contributed by atoms with van der Waals surface area (Å²) in [6, 6.07) is 6.99. The smallest absolute Gasteiger partial charge is 0.165 e. The van der Waals surface area contributed by atoms with Crippen molar-refractivity contribution in [2.24, 2.45) is 0 Å². The van der Waals surface area contributed by atoms with Gasteiger partial charge >= 0.3 is 0 Å². The molecule has 0 heterocycles. The van der Waals surface area contributed by atoms with Crippen LogP contribution in [0, 0.1) is 5.82 Å². The first-order valence-corrected chi connectivity index (χ1v) is 6.89. The lowest BCUT2D eigenvalue weighted by molar-refractivity contribution is 0.126. The summed E-state index contributed by atoms with van der Waals surface area (Å²) >= 11 is 0. The predicted octanol–water partition coefficient (Wildman–Crippen LogP) is 3.52. The van der Waals surface area contributed by atoms with E-state index in [-0.39, 0.29) is 11.9 Å². The molecular formula is C15H22FNO. The lowest BCUT2D eigenvalue weighted by atomic mass is 9.94. The summed E-state index contributed by atoms with van der Waals surface area (Å²) in [4.78, 5) is 0. The summed E-state index contributed by atoms with van der Waals surface area (Å²) in [7, 11) is 1.96. The highest BCUT2D eigenvalue weighted by Crippen LogP contribution is 2.24. The van der Waals surface area contributed by atoms with Gasteiger partial charge in [0.15, 0.2) is 11.6 Å². The van der Waals surface area contributed by atoms with Crippen LogP contribution in [-0.4, -0.2) is 19.2 Å². The zero-order valence-corrected chi connectivity index (χ0v) is 11.0. The van der Waals surface area contributed by atoms with E-state index < -0.39 is 0 Å². The van der Waals surface area contributed by atoms with Crippen LogP contribution >= 0.6 is 0 Å². The predicted molar refractivity (Wildman–Crippen MR) is 71.4 cm³/mol. The molecule has 0 bridgehead atoms. The van der Waals surface area contributed by atoms with Crippen molar-refractivity contribution in [1.82, 2.24) is 5.32 Å². The van der Waals surface area contributed by atoms with Gasteiger partial charge in [-0.05, 0) is 38.4 Å². The molecule has 18 heavy (non-hydrogen) atoms. The normalized spacial score (nSPS) is 25.2. The first-order chi connectivity index (χ1) is 8.81. The quantitative estimate of drug-likeness (QED) is 0.887.